The van der Waals surface area contributed by atoms with Crippen LogP contribution in [0.5, 0.6) is 5.75 Å². The van der Waals surface area contributed by atoms with Crippen molar-refractivity contribution in [2.24, 2.45) is 0 Å². The van der Waals surface area contributed by atoms with Crippen LogP contribution in [-0.2, 0) is 6.61 Å². The lowest BCUT2D eigenvalue weighted by atomic mass is 10.1. The van der Waals surface area contributed by atoms with E-state index in [-0.39, 0.29) is 5.78 Å². The van der Waals surface area contributed by atoms with Gasteiger partial charge in [-0.15, -0.1) is 0 Å². The van der Waals surface area contributed by atoms with Crippen molar-refractivity contribution in [2.45, 2.75) is 20.5 Å². The molecule has 2 nitrogen and oxygen atoms in total. The minimum atomic E-state index is 0.0361. The second kappa shape index (κ2) is 5.15. The molecule has 1 aromatic heterocycles. The van der Waals surface area contributed by atoms with Gasteiger partial charge >= 0.3 is 0 Å². The van der Waals surface area contributed by atoms with Gasteiger partial charge in [0.15, 0.2) is 5.78 Å². The first-order chi connectivity index (χ1) is 8.16. The number of aryl methyl sites for hydroxylation is 1. The fraction of sp³-hybridized carbons (Fsp3) is 0.214. The van der Waals surface area contributed by atoms with Crippen LogP contribution in [0.4, 0.5) is 0 Å². The molecule has 1 heterocycles. The predicted octanol–water partition coefficient (Wildman–Crippen LogP) is 3.84. The maximum Gasteiger partial charge on any atom is 0.163 e. The van der Waals surface area contributed by atoms with E-state index in [4.69, 9.17) is 4.74 Å². The number of hydrogen-bond acceptors (Lipinski definition) is 3. The minimum absolute atomic E-state index is 0.0361. The van der Waals surface area contributed by atoms with Crippen molar-refractivity contribution >= 4 is 17.1 Å². The summed E-state index contributed by atoms with van der Waals surface area (Å²) in [4.78, 5) is 11.5. The molecule has 0 radical (unpaired) electrons. The van der Waals surface area contributed by atoms with Gasteiger partial charge in [-0.3, -0.25) is 4.79 Å². The third kappa shape index (κ3) is 2.94. The van der Waals surface area contributed by atoms with Gasteiger partial charge in [-0.1, -0.05) is 11.6 Å². The molecule has 0 N–H and O–H groups in total. The Bertz CT molecular complexity index is 515. The van der Waals surface area contributed by atoms with Crippen molar-refractivity contribution in [1.29, 1.82) is 0 Å². The third-order valence-corrected chi connectivity index (χ3v) is 3.22. The number of thiophene rings is 1. The summed E-state index contributed by atoms with van der Waals surface area (Å²) in [7, 11) is 0. The zero-order valence-corrected chi connectivity index (χ0v) is 10.7. The van der Waals surface area contributed by atoms with Crippen LogP contribution >= 0.6 is 11.3 Å². The van der Waals surface area contributed by atoms with Crippen molar-refractivity contribution in [1.82, 2.24) is 0 Å². The first kappa shape index (κ1) is 11.9. The van der Waals surface area contributed by atoms with Crippen molar-refractivity contribution in [3.8, 4) is 5.75 Å². The molecule has 17 heavy (non-hydrogen) atoms. The van der Waals surface area contributed by atoms with E-state index >= 15 is 0 Å². The fourth-order valence-electron chi connectivity index (χ4n) is 1.58. The Labute approximate surface area is 105 Å². The van der Waals surface area contributed by atoms with Crippen molar-refractivity contribution in [2.75, 3.05) is 0 Å². The normalized spacial score (nSPS) is 10.2. The molecule has 0 aliphatic rings. The SMILES string of the molecule is CC(=O)c1cc(C)ccc1OCc1ccsc1. The number of carbonyl (C=O) groups excluding carboxylic acids is 1. The molecule has 2 aromatic rings. The number of hydrogen-bond donors (Lipinski definition) is 0. The fourth-order valence-corrected chi connectivity index (χ4v) is 2.23. The highest BCUT2D eigenvalue weighted by molar-refractivity contribution is 7.07. The van der Waals surface area contributed by atoms with Gasteiger partial charge in [-0.2, -0.15) is 11.3 Å². The number of Topliss-reactive ketones (excluding diaryl/α,β-unsaturated/α-hetero) is 1. The van der Waals surface area contributed by atoms with E-state index in [1.165, 1.54) is 0 Å². The second-order valence-electron chi connectivity index (χ2n) is 3.98. The highest BCUT2D eigenvalue weighted by Gasteiger charge is 2.08. The van der Waals surface area contributed by atoms with Crippen molar-refractivity contribution in [3.05, 3.63) is 51.7 Å². The van der Waals surface area contributed by atoms with Gasteiger partial charge < -0.3 is 4.74 Å². The average Bonchev–Trinajstić information content (AvgIpc) is 2.80. The summed E-state index contributed by atoms with van der Waals surface area (Å²) in [6.45, 7) is 4.04. The molecule has 0 atom stereocenters. The zero-order chi connectivity index (χ0) is 12.3. The highest BCUT2D eigenvalue weighted by atomic mass is 32.1. The summed E-state index contributed by atoms with van der Waals surface area (Å²) >= 11 is 1.64. The molecule has 3 heteroatoms. The van der Waals surface area contributed by atoms with Crippen molar-refractivity contribution in [3.63, 3.8) is 0 Å². The first-order valence-corrected chi connectivity index (χ1v) is 6.36. The standard InChI is InChI=1S/C14H14O2S/c1-10-3-4-14(13(7-10)11(2)15)16-8-12-5-6-17-9-12/h3-7,9H,8H2,1-2H3. The van der Waals surface area contributed by atoms with Gasteiger partial charge in [0.1, 0.15) is 12.4 Å². The molecule has 0 spiro atoms. The number of ketones is 1. The smallest absolute Gasteiger partial charge is 0.163 e. The van der Waals surface area contributed by atoms with Crippen LogP contribution in [0.1, 0.15) is 28.4 Å². The summed E-state index contributed by atoms with van der Waals surface area (Å²) in [5.41, 5.74) is 2.85. The van der Waals surface area contributed by atoms with E-state index in [0.29, 0.717) is 17.9 Å². The molecule has 0 amide bonds. The summed E-state index contributed by atoms with van der Waals surface area (Å²) < 4.78 is 5.68. The van der Waals surface area contributed by atoms with E-state index in [1.807, 2.05) is 41.9 Å². The Balaban J connectivity index is 2.17. The predicted molar refractivity (Wildman–Crippen MR) is 69.8 cm³/mol. The Hall–Kier alpha value is -1.61. The molecule has 0 saturated carbocycles. The van der Waals surface area contributed by atoms with Crippen LogP contribution in [0.3, 0.4) is 0 Å². The average molecular weight is 246 g/mol. The molecule has 0 aliphatic carbocycles. The number of rotatable bonds is 4. The lowest BCUT2D eigenvalue weighted by Crippen LogP contribution is -2.01. The molecule has 0 fully saturated rings. The van der Waals surface area contributed by atoms with E-state index in [2.05, 4.69) is 0 Å². The van der Waals surface area contributed by atoms with E-state index in [0.717, 1.165) is 11.1 Å². The van der Waals surface area contributed by atoms with Crippen LogP contribution in [0.2, 0.25) is 0 Å². The van der Waals surface area contributed by atoms with Gasteiger partial charge in [0, 0.05) is 0 Å². The van der Waals surface area contributed by atoms with Crippen LogP contribution < -0.4 is 4.74 Å². The van der Waals surface area contributed by atoms with Crippen LogP contribution in [0.15, 0.2) is 35.0 Å². The van der Waals surface area contributed by atoms with E-state index in [1.54, 1.807) is 18.3 Å². The van der Waals surface area contributed by atoms with E-state index < -0.39 is 0 Å². The minimum Gasteiger partial charge on any atom is -0.488 e. The lowest BCUT2D eigenvalue weighted by molar-refractivity contribution is 0.101. The Morgan fingerprint density at radius 3 is 2.82 bits per heavy atom. The molecule has 88 valence electrons. The molecular weight excluding hydrogens is 232 g/mol. The monoisotopic (exact) mass is 246 g/mol. The van der Waals surface area contributed by atoms with Gasteiger partial charge in [0.2, 0.25) is 0 Å². The topological polar surface area (TPSA) is 26.3 Å². The summed E-state index contributed by atoms with van der Waals surface area (Å²) in [5, 5.41) is 4.06. The summed E-state index contributed by atoms with van der Waals surface area (Å²) in [6, 6.07) is 7.70. The summed E-state index contributed by atoms with van der Waals surface area (Å²) in [5.74, 6) is 0.698. The zero-order valence-electron chi connectivity index (χ0n) is 9.90. The van der Waals surface area contributed by atoms with Gasteiger partial charge in [-0.05, 0) is 48.4 Å². The Kier molecular flexibility index (Phi) is 3.59. The molecule has 0 saturated heterocycles. The number of benzene rings is 1. The largest absolute Gasteiger partial charge is 0.488 e. The van der Waals surface area contributed by atoms with Gasteiger partial charge in [0.25, 0.3) is 0 Å². The molecule has 2 rings (SSSR count). The number of ether oxygens (including phenoxy) is 1. The highest BCUT2D eigenvalue weighted by Crippen LogP contribution is 2.22. The molecule has 0 bridgehead atoms. The molecule has 1 aromatic carbocycles. The quantitative estimate of drug-likeness (QED) is 0.766. The maximum atomic E-state index is 11.5. The Morgan fingerprint density at radius 2 is 2.18 bits per heavy atom. The molecular formula is C14H14O2S. The van der Waals surface area contributed by atoms with Crippen LogP contribution in [-0.4, -0.2) is 5.78 Å². The van der Waals surface area contributed by atoms with Crippen LogP contribution in [0.25, 0.3) is 0 Å². The first-order valence-electron chi connectivity index (χ1n) is 5.42. The summed E-state index contributed by atoms with van der Waals surface area (Å²) in [6.07, 6.45) is 0. The number of carbonyl (C=O) groups is 1. The van der Waals surface area contributed by atoms with Gasteiger partial charge in [0.05, 0.1) is 5.56 Å². The molecule has 0 aliphatic heterocycles. The Morgan fingerprint density at radius 1 is 1.35 bits per heavy atom. The van der Waals surface area contributed by atoms with Crippen molar-refractivity contribution < 1.29 is 9.53 Å². The third-order valence-electron chi connectivity index (χ3n) is 2.49. The van der Waals surface area contributed by atoms with Crippen LogP contribution in [0, 0.1) is 6.92 Å². The second-order valence-corrected chi connectivity index (χ2v) is 4.76. The maximum absolute atomic E-state index is 11.5. The lowest BCUT2D eigenvalue weighted by Gasteiger charge is -2.09. The molecule has 0 unspecified atom stereocenters. The van der Waals surface area contributed by atoms with Gasteiger partial charge in [-0.25, -0.2) is 0 Å². The van der Waals surface area contributed by atoms with E-state index in [9.17, 15) is 4.79 Å².